The second kappa shape index (κ2) is 9.02. The molecule has 4 rings (SSSR count). The summed E-state index contributed by atoms with van der Waals surface area (Å²) in [5.74, 6) is -0.827. The van der Waals surface area contributed by atoms with E-state index in [1.54, 1.807) is 36.3 Å². The molecule has 6 nitrogen and oxygen atoms in total. The minimum Gasteiger partial charge on any atom is -0.507 e. The van der Waals surface area contributed by atoms with E-state index >= 15 is 0 Å². The second-order valence-electron chi connectivity index (χ2n) is 9.69. The number of likely N-dealkylation sites (tertiary alicyclic amines) is 1. The van der Waals surface area contributed by atoms with E-state index < -0.39 is 17.7 Å². The van der Waals surface area contributed by atoms with Crippen LogP contribution in [0.2, 0.25) is 0 Å². The number of nitrogens with zero attached hydrogens (tertiary/aromatic N) is 1. The van der Waals surface area contributed by atoms with E-state index in [1.807, 2.05) is 24.3 Å². The molecule has 2 aliphatic heterocycles. The summed E-state index contributed by atoms with van der Waals surface area (Å²) in [5, 5.41) is 11.2. The second-order valence-corrected chi connectivity index (χ2v) is 9.69. The number of Topliss-reactive ketones (excluding diaryl/α,β-unsaturated/α-hetero) is 1. The molecule has 2 atom stereocenters. The van der Waals surface area contributed by atoms with Gasteiger partial charge in [0.15, 0.2) is 0 Å². The number of ether oxygens (including phenoxy) is 2. The molecule has 6 heteroatoms. The number of aliphatic hydroxyl groups is 1. The molecular formula is C27H31NO5. The van der Waals surface area contributed by atoms with Crippen LogP contribution in [0.5, 0.6) is 5.75 Å². The predicted molar refractivity (Wildman–Crippen MR) is 126 cm³/mol. The first-order chi connectivity index (χ1) is 15.7. The molecule has 0 unspecified atom stereocenters. The number of amides is 1. The van der Waals surface area contributed by atoms with Gasteiger partial charge in [-0.2, -0.15) is 0 Å². The number of aliphatic hydroxyl groups excluding tert-OH is 1. The molecule has 2 aliphatic rings. The number of benzene rings is 2. The van der Waals surface area contributed by atoms with Gasteiger partial charge in [0, 0.05) is 18.7 Å². The van der Waals surface area contributed by atoms with E-state index in [2.05, 4.69) is 20.8 Å². The summed E-state index contributed by atoms with van der Waals surface area (Å²) >= 11 is 0. The van der Waals surface area contributed by atoms with Crippen LogP contribution < -0.4 is 4.74 Å². The molecule has 2 saturated heterocycles. The molecule has 0 saturated carbocycles. The molecule has 174 valence electrons. The molecule has 2 aromatic rings. The van der Waals surface area contributed by atoms with Crippen LogP contribution in [0.25, 0.3) is 5.76 Å². The van der Waals surface area contributed by atoms with Crippen molar-refractivity contribution in [1.82, 2.24) is 4.90 Å². The normalized spacial score (nSPS) is 22.7. The zero-order valence-electron chi connectivity index (χ0n) is 19.6. The maximum absolute atomic E-state index is 13.2. The summed E-state index contributed by atoms with van der Waals surface area (Å²) in [4.78, 5) is 27.8. The van der Waals surface area contributed by atoms with Crippen molar-refractivity contribution in [1.29, 1.82) is 0 Å². The van der Waals surface area contributed by atoms with Crippen molar-refractivity contribution in [2.75, 3.05) is 20.3 Å². The Labute approximate surface area is 194 Å². The number of ketones is 1. The Morgan fingerprint density at radius 1 is 1.09 bits per heavy atom. The van der Waals surface area contributed by atoms with Crippen LogP contribution in [0.4, 0.5) is 0 Å². The van der Waals surface area contributed by atoms with E-state index in [0.29, 0.717) is 24.5 Å². The maximum atomic E-state index is 13.2. The SMILES string of the molecule is COc1ccc(C(O)=C2C(=O)C(=O)N(C[C@H]3CCCO3)[C@H]2c2ccc(C(C)(C)C)cc2)cc1. The van der Waals surface area contributed by atoms with Gasteiger partial charge in [-0.25, -0.2) is 0 Å². The first kappa shape index (κ1) is 23.1. The lowest BCUT2D eigenvalue weighted by atomic mass is 9.85. The number of hydrogen-bond acceptors (Lipinski definition) is 5. The number of carbonyl (C=O) groups excluding carboxylic acids is 2. The zero-order chi connectivity index (χ0) is 23.8. The van der Waals surface area contributed by atoms with Crippen LogP contribution in [0, 0.1) is 0 Å². The van der Waals surface area contributed by atoms with Gasteiger partial charge < -0.3 is 19.5 Å². The van der Waals surface area contributed by atoms with E-state index in [-0.39, 0.29) is 22.9 Å². The van der Waals surface area contributed by atoms with Crippen molar-refractivity contribution in [2.24, 2.45) is 0 Å². The van der Waals surface area contributed by atoms with Gasteiger partial charge in [0.25, 0.3) is 11.7 Å². The zero-order valence-corrected chi connectivity index (χ0v) is 19.6. The van der Waals surface area contributed by atoms with Crippen LogP contribution in [0.1, 0.15) is 56.3 Å². The third-order valence-electron chi connectivity index (χ3n) is 6.42. The average molecular weight is 450 g/mol. The lowest BCUT2D eigenvalue weighted by Gasteiger charge is -2.28. The summed E-state index contributed by atoms with van der Waals surface area (Å²) in [6, 6.07) is 14.1. The van der Waals surface area contributed by atoms with Crippen LogP contribution in [-0.2, 0) is 19.7 Å². The maximum Gasteiger partial charge on any atom is 0.295 e. The third kappa shape index (κ3) is 4.53. The molecule has 2 fully saturated rings. The molecule has 1 N–H and O–H groups in total. The summed E-state index contributed by atoms with van der Waals surface area (Å²) in [6.45, 7) is 7.38. The van der Waals surface area contributed by atoms with Crippen LogP contribution in [0.15, 0.2) is 54.1 Å². The lowest BCUT2D eigenvalue weighted by Crippen LogP contribution is -2.36. The average Bonchev–Trinajstić information content (AvgIpc) is 3.40. The summed E-state index contributed by atoms with van der Waals surface area (Å²) in [6.07, 6.45) is 1.67. The molecule has 33 heavy (non-hydrogen) atoms. The van der Waals surface area contributed by atoms with Crippen molar-refractivity contribution < 1.29 is 24.2 Å². The number of methoxy groups -OCH3 is 1. The molecular weight excluding hydrogens is 418 g/mol. The molecule has 0 radical (unpaired) electrons. The Kier molecular flexibility index (Phi) is 6.30. The fourth-order valence-electron chi connectivity index (χ4n) is 4.49. The summed E-state index contributed by atoms with van der Waals surface area (Å²) in [5.41, 5.74) is 2.47. The van der Waals surface area contributed by atoms with Gasteiger partial charge in [-0.05, 0) is 53.6 Å². The minimum absolute atomic E-state index is 0.0267. The summed E-state index contributed by atoms with van der Waals surface area (Å²) < 4.78 is 10.9. The Balaban J connectivity index is 1.80. The minimum atomic E-state index is -0.676. The highest BCUT2D eigenvalue weighted by Crippen LogP contribution is 2.40. The molecule has 2 aromatic carbocycles. The summed E-state index contributed by atoms with van der Waals surface area (Å²) in [7, 11) is 1.56. The fraction of sp³-hybridized carbons (Fsp3) is 0.407. The van der Waals surface area contributed by atoms with Crippen molar-refractivity contribution in [3.63, 3.8) is 0 Å². The Morgan fingerprint density at radius 3 is 2.30 bits per heavy atom. The van der Waals surface area contributed by atoms with Gasteiger partial charge in [-0.3, -0.25) is 9.59 Å². The van der Waals surface area contributed by atoms with Crippen LogP contribution in [0.3, 0.4) is 0 Å². The number of carbonyl (C=O) groups is 2. The molecule has 0 spiro atoms. The first-order valence-electron chi connectivity index (χ1n) is 11.4. The van der Waals surface area contributed by atoms with Gasteiger partial charge in [0.2, 0.25) is 0 Å². The Hall–Kier alpha value is -3.12. The van der Waals surface area contributed by atoms with Gasteiger partial charge in [-0.1, -0.05) is 45.0 Å². The highest BCUT2D eigenvalue weighted by Gasteiger charge is 2.47. The molecule has 0 aromatic heterocycles. The smallest absolute Gasteiger partial charge is 0.295 e. The number of hydrogen-bond donors (Lipinski definition) is 1. The molecule has 0 bridgehead atoms. The van der Waals surface area contributed by atoms with Gasteiger partial charge in [0.05, 0.1) is 24.8 Å². The third-order valence-corrected chi connectivity index (χ3v) is 6.42. The molecule has 0 aliphatic carbocycles. The van der Waals surface area contributed by atoms with E-state index in [4.69, 9.17) is 9.47 Å². The monoisotopic (exact) mass is 449 g/mol. The van der Waals surface area contributed by atoms with Crippen molar-refractivity contribution in [3.8, 4) is 5.75 Å². The molecule has 2 heterocycles. The van der Waals surface area contributed by atoms with E-state index in [1.165, 1.54) is 0 Å². The predicted octanol–water partition coefficient (Wildman–Crippen LogP) is 4.59. The van der Waals surface area contributed by atoms with Gasteiger partial charge in [0.1, 0.15) is 11.5 Å². The molecule has 1 amide bonds. The fourth-order valence-corrected chi connectivity index (χ4v) is 4.49. The van der Waals surface area contributed by atoms with Crippen molar-refractivity contribution in [2.45, 2.75) is 51.2 Å². The van der Waals surface area contributed by atoms with Crippen LogP contribution >= 0.6 is 0 Å². The quantitative estimate of drug-likeness (QED) is 0.410. The van der Waals surface area contributed by atoms with Crippen LogP contribution in [-0.4, -0.2) is 48.1 Å². The lowest BCUT2D eigenvalue weighted by molar-refractivity contribution is -0.140. The highest BCUT2D eigenvalue weighted by molar-refractivity contribution is 6.46. The van der Waals surface area contributed by atoms with Gasteiger partial charge >= 0.3 is 0 Å². The largest absolute Gasteiger partial charge is 0.507 e. The standard InChI is InChI=1S/C27H31NO5/c1-27(2,3)19-11-7-17(8-12-19)23-22(24(29)18-9-13-20(32-4)14-10-18)25(30)26(31)28(23)16-21-6-5-15-33-21/h7-14,21,23,29H,5-6,15-16H2,1-4H3/t21-,23+/m1/s1. The number of rotatable bonds is 5. The first-order valence-corrected chi connectivity index (χ1v) is 11.4. The highest BCUT2D eigenvalue weighted by atomic mass is 16.5. The Morgan fingerprint density at radius 2 is 1.76 bits per heavy atom. The van der Waals surface area contributed by atoms with E-state index in [0.717, 1.165) is 24.0 Å². The van der Waals surface area contributed by atoms with Crippen molar-refractivity contribution in [3.05, 3.63) is 70.8 Å². The topological polar surface area (TPSA) is 76.1 Å². The van der Waals surface area contributed by atoms with Crippen molar-refractivity contribution >= 4 is 17.4 Å². The van der Waals surface area contributed by atoms with Gasteiger partial charge in [-0.15, -0.1) is 0 Å². The van der Waals surface area contributed by atoms with E-state index in [9.17, 15) is 14.7 Å². The Bertz CT molecular complexity index is 1060.